The van der Waals surface area contributed by atoms with Crippen LogP contribution >= 0.6 is 0 Å². The lowest BCUT2D eigenvalue weighted by molar-refractivity contribution is 0.303. The molecule has 0 radical (unpaired) electrons. The molecular formula is C19H30O2. The molecular weight excluding hydrogens is 260 g/mol. The molecule has 0 aromatic heterocycles. The first kappa shape index (κ1) is 17.6. The fraction of sp³-hybridized carbons (Fsp3) is 0.579. The number of rotatable bonds is 12. The molecule has 118 valence electrons. The molecule has 0 amide bonds. The van der Waals surface area contributed by atoms with E-state index in [0.29, 0.717) is 0 Å². The molecule has 1 aromatic rings. The molecule has 2 heteroatoms. The number of ether oxygens (including phenoxy) is 2. The van der Waals surface area contributed by atoms with Crippen LogP contribution in [0.1, 0.15) is 63.9 Å². The van der Waals surface area contributed by atoms with Crippen LogP contribution in [0, 0.1) is 0 Å². The molecule has 0 unspecified atom stereocenters. The van der Waals surface area contributed by atoms with Gasteiger partial charge in [-0.25, -0.2) is 0 Å². The molecule has 0 saturated heterocycles. The first-order chi connectivity index (χ1) is 10.3. The zero-order chi connectivity index (χ0) is 15.3. The van der Waals surface area contributed by atoms with Gasteiger partial charge in [0.15, 0.2) is 0 Å². The molecule has 1 rings (SSSR count). The third kappa shape index (κ3) is 7.22. The van der Waals surface area contributed by atoms with Crippen molar-refractivity contribution in [3.8, 4) is 11.5 Å². The SMILES string of the molecule is C=Cc1cc(OCCCCCCCCCC)ccc1OC. The maximum atomic E-state index is 5.79. The van der Waals surface area contributed by atoms with E-state index in [1.807, 2.05) is 18.2 Å². The predicted octanol–water partition coefficient (Wildman–Crippen LogP) is 5.86. The zero-order valence-electron chi connectivity index (χ0n) is 13.7. The second-order valence-electron chi connectivity index (χ2n) is 5.43. The topological polar surface area (TPSA) is 18.5 Å². The Morgan fingerprint density at radius 1 is 1.00 bits per heavy atom. The van der Waals surface area contributed by atoms with Crippen LogP contribution in [0.2, 0.25) is 0 Å². The maximum absolute atomic E-state index is 5.79. The minimum absolute atomic E-state index is 0.790. The highest BCUT2D eigenvalue weighted by Crippen LogP contribution is 2.25. The summed E-state index contributed by atoms with van der Waals surface area (Å²) in [7, 11) is 1.67. The molecule has 0 fully saturated rings. The van der Waals surface area contributed by atoms with Gasteiger partial charge in [0.05, 0.1) is 13.7 Å². The molecule has 0 atom stereocenters. The Kier molecular flexibility index (Phi) is 9.43. The van der Waals surface area contributed by atoms with Crippen molar-refractivity contribution in [1.29, 1.82) is 0 Å². The molecule has 0 spiro atoms. The Hall–Kier alpha value is -1.44. The summed E-state index contributed by atoms with van der Waals surface area (Å²) in [5, 5.41) is 0. The van der Waals surface area contributed by atoms with E-state index in [0.717, 1.165) is 30.1 Å². The van der Waals surface area contributed by atoms with Gasteiger partial charge in [-0.05, 0) is 24.6 Å². The van der Waals surface area contributed by atoms with Crippen molar-refractivity contribution < 1.29 is 9.47 Å². The molecule has 0 saturated carbocycles. The molecule has 2 nitrogen and oxygen atoms in total. The van der Waals surface area contributed by atoms with Crippen molar-refractivity contribution in [3.63, 3.8) is 0 Å². The zero-order valence-corrected chi connectivity index (χ0v) is 13.7. The predicted molar refractivity (Wildman–Crippen MR) is 91.2 cm³/mol. The van der Waals surface area contributed by atoms with Crippen LogP contribution in [-0.2, 0) is 0 Å². The summed E-state index contributed by atoms with van der Waals surface area (Å²) in [5.74, 6) is 1.73. The average molecular weight is 290 g/mol. The lowest BCUT2D eigenvalue weighted by atomic mass is 10.1. The van der Waals surface area contributed by atoms with Gasteiger partial charge in [0.25, 0.3) is 0 Å². The number of benzene rings is 1. The van der Waals surface area contributed by atoms with E-state index in [1.54, 1.807) is 13.2 Å². The molecule has 21 heavy (non-hydrogen) atoms. The van der Waals surface area contributed by atoms with Gasteiger partial charge in [-0.2, -0.15) is 0 Å². The molecule has 1 aromatic carbocycles. The minimum Gasteiger partial charge on any atom is -0.496 e. The summed E-state index contributed by atoms with van der Waals surface area (Å²) >= 11 is 0. The van der Waals surface area contributed by atoms with E-state index < -0.39 is 0 Å². The summed E-state index contributed by atoms with van der Waals surface area (Å²) in [6, 6.07) is 5.87. The van der Waals surface area contributed by atoms with Crippen molar-refractivity contribution in [2.75, 3.05) is 13.7 Å². The van der Waals surface area contributed by atoms with Crippen molar-refractivity contribution in [3.05, 3.63) is 30.3 Å². The van der Waals surface area contributed by atoms with Crippen LogP contribution in [0.25, 0.3) is 6.08 Å². The van der Waals surface area contributed by atoms with Gasteiger partial charge in [0.2, 0.25) is 0 Å². The second-order valence-corrected chi connectivity index (χ2v) is 5.43. The van der Waals surface area contributed by atoms with E-state index in [-0.39, 0.29) is 0 Å². The highest BCUT2D eigenvalue weighted by atomic mass is 16.5. The fourth-order valence-electron chi connectivity index (χ4n) is 2.39. The molecule has 0 aliphatic carbocycles. The summed E-state index contributed by atoms with van der Waals surface area (Å²) in [6.07, 6.45) is 12.4. The van der Waals surface area contributed by atoms with E-state index in [1.165, 1.54) is 44.9 Å². The number of unbranched alkanes of at least 4 members (excludes halogenated alkanes) is 7. The molecule has 0 aliphatic rings. The van der Waals surface area contributed by atoms with Crippen molar-refractivity contribution in [2.45, 2.75) is 58.3 Å². The van der Waals surface area contributed by atoms with Crippen LogP contribution in [-0.4, -0.2) is 13.7 Å². The van der Waals surface area contributed by atoms with Gasteiger partial charge in [-0.1, -0.05) is 64.5 Å². The van der Waals surface area contributed by atoms with Crippen LogP contribution in [0.15, 0.2) is 24.8 Å². The summed E-state index contributed by atoms with van der Waals surface area (Å²) in [6.45, 7) is 6.84. The average Bonchev–Trinajstić information content (AvgIpc) is 2.53. The number of hydrogen-bond donors (Lipinski definition) is 0. The lowest BCUT2D eigenvalue weighted by Gasteiger charge is -2.09. The van der Waals surface area contributed by atoms with Crippen molar-refractivity contribution in [2.24, 2.45) is 0 Å². The van der Waals surface area contributed by atoms with E-state index >= 15 is 0 Å². The van der Waals surface area contributed by atoms with Crippen molar-refractivity contribution >= 4 is 6.08 Å². The Morgan fingerprint density at radius 3 is 2.29 bits per heavy atom. The minimum atomic E-state index is 0.790. The Morgan fingerprint density at radius 2 is 1.67 bits per heavy atom. The normalized spacial score (nSPS) is 10.4. The standard InChI is InChI=1S/C19H30O2/c1-4-6-7-8-9-10-11-12-15-21-18-13-14-19(20-3)17(5-2)16-18/h5,13-14,16H,2,4,6-12,15H2,1,3H3. The highest BCUT2D eigenvalue weighted by Gasteiger charge is 2.02. The highest BCUT2D eigenvalue weighted by molar-refractivity contribution is 5.58. The summed E-state index contributed by atoms with van der Waals surface area (Å²) < 4.78 is 11.1. The Balaban J connectivity index is 2.14. The van der Waals surface area contributed by atoms with Gasteiger partial charge in [0, 0.05) is 5.56 Å². The van der Waals surface area contributed by atoms with E-state index in [4.69, 9.17) is 9.47 Å². The largest absolute Gasteiger partial charge is 0.496 e. The first-order valence-electron chi connectivity index (χ1n) is 8.25. The van der Waals surface area contributed by atoms with Crippen molar-refractivity contribution in [1.82, 2.24) is 0 Å². The van der Waals surface area contributed by atoms with Gasteiger partial charge >= 0.3 is 0 Å². The number of hydrogen-bond acceptors (Lipinski definition) is 2. The molecule has 0 heterocycles. The van der Waals surface area contributed by atoms with Gasteiger partial charge in [-0.3, -0.25) is 0 Å². The third-order valence-electron chi connectivity index (χ3n) is 3.69. The van der Waals surface area contributed by atoms with Gasteiger partial charge in [0.1, 0.15) is 11.5 Å². The van der Waals surface area contributed by atoms with Crippen LogP contribution in [0.3, 0.4) is 0 Å². The lowest BCUT2D eigenvalue weighted by Crippen LogP contribution is -1.98. The van der Waals surface area contributed by atoms with Gasteiger partial charge < -0.3 is 9.47 Å². The number of methoxy groups -OCH3 is 1. The van der Waals surface area contributed by atoms with Crippen LogP contribution in [0.5, 0.6) is 11.5 Å². The monoisotopic (exact) mass is 290 g/mol. The van der Waals surface area contributed by atoms with Crippen LogP contribution in [0.4, 0.5) is 0 Å². The molecule has 0 aliphatic heterocycles. The Bertz CT molecular complexity index is 399. The molecule has 0 N–H and O–H groups in total. The fourth-order valence-corrected chi connectivity index (χ4v) is 2.39. The summed E-state index contributed by atoms with van der Waals surface area (Å²) in [4.78, 5) is 0. The quantitative estimate of drug-likeness (QED) is 0.449. The first-order valence-corrected chi connectivity index (χ1v) is 8.25. The van der Waals surface area contributed by atoms with E-state index in [9.17, 15) is 0 Å². The van der Waals surface area contributed by atoms with Gasteiger partial charge in [-0.15, -0.1) is 0 Å². The Labute approximate surface area is 130 Å². The third-order valence-corrected chi connectivity index (χ3v) is 3.69. The smallest absolute Gasteiger partial charge is 0.126 e. The van der Waals surface area contributed by atoms with Crippen LogP contribution < -0.4 is 9.47 Å². The summed E-state index contributed by atoms with van der Waals surface area (Å²) in [5.41, 5.74) is 0.978. The second kappa shape index (κ2) is 11.2. The maximum Gasteiger partial charge on any atom is 0.126 e. The molecule has 0 bridgehead atoms. The van der Waals surface area contributed by atoms with E-state index in [2.05, 4.69) is 13.5 Å².